The van der Waals surface area contributed by atoms with Gasteiger partial charge in [-0.2, -0.15) is 0 Å². The highest BCUT2D eigenvalue weighted by atomic mass is 16.7. The summed E-state index contributed by atoms with van der Waals surface area (Å²) in [4.78, 5) is 0. The zero-order chi connectivity index (χ0) is 23.4. The average molecular weight is 451 g/mol. The van der Waals surface area contributed by atoms with Gasteiger partial charge in [0.2, 0.25) is 0 Å². The molecule has 4 fully saturated rings. The van der Waals surface area contributed by atoms with Crippen LogP contribution >= 0.6 is 0 Å². The molecule has 0 aromatic carbocycles. The normalized spacial score (nSPS) is 47.4. The van der Waals surface area contributed by atoms with Gasteiger partial charge in [0.1, 0.15) is 0 Å². The summed E-state index contributed by atoms with van der Waals surface area (Å²) in [6, 6.07) is 0. The Kier molecular flexibility index (Phi) is 7.12. The van der Waals surface area contributed by atoms with Gasteiger partial charge in [-0.15, -0.1) is 0 Å². The van der Waals surface area contributed by atoms with Crippen LogP contribution < -0.4 is 0 Å². The lowest BCUT2D eigenvalue weighted by molar-refractivity contribution is -0.346. The molecule has 4 heteroatoms. The summed E-state index contributed by atoms with van der Waals surface area (Å²) in [6.07, 6.45) is 7.22. The van der Waals surface area contributed by atoms with E-state index in [9.17, 15) is 0 Å². The first-order valence-electron chi connectivity index (χ1n) is 13.6. The van der Waals surface area contributed by atoms with Crippen LogP contribution in [-0.4, -0.2) is 41.9 Å². The zero-order valence-corrected chi connectivity index (χ0v) is 22.2. The molecule has 4 aliphatic rings. The first-order valence-corrected chi connectivity index (χ1v) is 13.6. The molecule has 1 spiro atoms. The Morgan fingerprint density at radius 1 is 0.750 bits per heavy atom. The smallest absolute Gasteiger partial charge is 0.170 e. The lowest BCUT2D eigenvalue weighted by atomic mass is 9.77. The van der Waals surface area contributed by atoms with Crippen LogP contribution in [0, 0.1) is 35.5 Å². The molecule has 4 nitrogen and oxygen atoms in total. The third-order valence-corrected chi connectivity index (χ3v) is 8.85. The van der Waals surface area contributed by atoms with Gasteiger partial charge in [-0.1, -0.05) is 62.3 Å². The van der Waals surface area contributed by atoms with Gasteiger partial charge in [0.15, 0.2) is 5.79 Å². The van der Waals surface area contributed by atoms with E-state index in [1.807, 2.05) is 0 Å². The van der Waals surface area contributed by atoms with E-state index in [1.54, 1.807) is 0 Å². The van der Waals surface area contributed by atoms with Crippen molar-refractivity contribution in [2.45, 2.75) is 143 Å². The molecular weight excluding hydrogens is 400 g/mol. The Morgan fingerprint density at radius 3 is 1.97 bits per heavy atom. The van der Waals surface area contributed by atoms with E-state index in [2.05, 4.69) is 62.3 Å². The van der Waals surface area contributed by atoms with Crippen molar-refractivity contribution in [1.29, 1.82) is 0 Å². The molecule has 0 unspecified atom stereocenters. The minimum Gasteiger partial charge on any atom is -0.372 e. The SMILES string of the molecule is CC(C)C[C@H](C)[C@@H]1C[C@@H]2O[C@@]3(C[C@H](C)[C@@H]2O1)C[C@H](C)[C@@H]1O[C@](CC(C)C)(C(C)C)C[C@@H]1O3. The van der Waals surface area contributed by atoms with Crippen LogP contribution in [-0.2, 0) is 18.9 Å². The van der Waals surface area contributed by atoms with Crippen molar-refractivity contribution in [3.63, 3.8) is 0 Å². The van der Waals surface area contributed by atoms with Crippen molar-refractivity contribution in [1.82, 2.24) is 0 Å². The second kappa shape index (κ2) is 9.13. The molecule has 4 saturated heterocycles. The molecule has 0 N–H and O–H groups in total. The Morgan fingerprint density at radius 2 is 1.38 bits per heavy atom. The number of hydrogen-bond donors (Lipinski definition) is 0. The molecule has 0 amide bonds. The van der Waals surface area contributed by atoms with Crippen LogP contribution in [0.3, 0.4) is 0 Å². The fourth-order valence-electron chi connectivity index (χ4n) is 7.53. The van der Waals surface area contributed by atoms with E-state index in [1.165, 1.54) is 6.42 Å². The number of rotatable bonds is 6. The van der Waals surface area contributed by atoms with E-state index in [0.29, 0.717) is 41.6 Å². The maximum absolute atomic E-state index is 6.93. The zero-order valence-electron chi connectivity index (χ0n) is 22.2. The maximum Gasteiger partial charge on any atom is 0.170 e. The largest absolute Gasteiger partial charge is 0.372 e. The second-order valence-electron chi connectivity index (χ2n) is 13.2. The summed E-state index contributed by atoms with van der Waals surface area (Å²) < 4.78 is 27.3. The molecule has 0 radical (unpaired) electrons. The van der Waals surface area contributed by atoms with Gasteiger partial charge < -0.3 is 18.9 Å². The van der Waals surface area contributed by atoms with Crippen LogP contribution in [0.2, 0.25) is 0 Å². The van der Waals surface area contributed by atoms with E-state index < -0.39 is 5.79 Å². The molecular formula is C28H50O4. The van der Waals surface area contributed by atoms with Crippen molar-refractivity contribution >= 4 is 0 Å². The average Bonchev–Trinajstić information content (AvgIpc) is 3.23. The fourth-order valence-corrected chi connectivity index (χ4v) is 7.53. The van der Waals surface area contributed by atoms with Gasteiger partial charge in [-0.3, -0.25) is 0 Å². The molecule has 4 aliphatic heterocycles. The van der Waals surface area contributed by atoms with E-state index in [-0.39, 0.29) is 30.0 Å². The van der Waals surface area contributed by atoms with Crippen molar-refractivity contribution in [2.75, 3.05) is 0 Å². The predicted molar refractivity (Wildman–Crippen MR) is 128 cm³/mol. The van der Waals surface area contributed by atoms with Crippen molar-refractivity contribution in [3.8, 4) is 0 Å². The van der Waals surface area contributed by atoms with E-state index >= 15 is 0 Å². The highest BCUT2D eigenvalue weighted by Gasteiger charge is 2.60. The molecule has 4 heterocycles. The minimum absolute atomic E-state index is 0.0695. The van der Waals surface area contributed by atoms with Gasteiger partial charge in [-0.05, 0) is 48.3 Å². The van der Waals surface area contributed by atoms with Crippen molar-refractivity contribution < 1.29 is 18.9 Å². The van der Waals surface area contributed by atoms with Crippen LogP contribution in [0.4, 0.5) is 0 Å². The maximum atomic E-state index is 6.93. The Balaban J connectivity index is 1.48. The van der Waals surface area contributed by atoms with Crippen molar-refractivity contribution in [3.05, 3.63) is 0 Å². The quantitative estimate of drug-likeness (QED) is 0.457. The van der Waals surface area contributed by atoms with Gasteiger partial charge in [0, 0.05) is 25.7 Å². The highest BCUT2D eigenvalue weighted by Crippen LogP contribution is 2.54. The number of fused-ring (bicyclic) bond motifs is 2. The first kappa shape index (κ1) is 24.9. The van der Waals surface area contributed by atoms with E-state index in [0.717, 1.165) is 32.1 Å². The standard InChI is InChI=1S/C28H50O4/c1-16(2)10-19(7)22-11-23-25(29-22)20(8)13-28(30-23)14-21(9)26-24(31-28)15-27(32-26,18(5)6)12-17(3)4/h16-26H,10-15H2,1-9H3/t19-,20-,21-,22-,23-,24-,25-,26-,27-,28+/m0/s1. The summed E-state index contributed by atoms with van der Waals surface area (Å²) in [5, 5.41) is 0. The molecule has 10 atom stereocenters. The fraction of sp³-hybridized carbons (Fsp3) is 1.00. The lowest BCUT2D eigenvalue weighted by Gasteiger charge is -2.51. The first-order chi connectivity index (χ1) is 14.9. The lowest BCUT2D eigenvalue weighted by Crippen LogP contribution is -2.58. The molecule has 32 heavy (non-hydrogen) atoms. The molecule has 0 aromatic heterocycles. The molecule has 0 bridgehead atoms. The summed E-state index contributed by atoms with van der Waals surface area (Å²) >= 11 is 0. The van der Waals surface area contributed by atoms with Gasteiger partial charge in [-0.25, -0.2) is 0 Å². The monoisotopic (exact) mass is 450 g/mol. The van der Waals surface area contributed by atoms with Gasteiger partial charge in [0.25, 0.3) is 0 Å². The summed E-state index contributed by atoms with van der Waals surface area (Å²) in [5.74, 6) is 2.83. The molecule has 0 saturated carbocycles. The van der Waals surface area contributed by atoms with Gasteiger partial charge >= 0.3 is 0 Å². The van der Waals surface area contributed by atoms with E-state index in [4.69, 9.17) is 18.9 Å². The Labute approximate surface area is 197 Å². The number of ether oxygens (including phenoxy) is 4. The van der Waals surface area contributed by atoms with Crippen LogP contribution in [0.5, 0.6) is 0 Å². The van der Waals surface area contributed by atoms with Crippen LogP contribution in [0.25, 0.3) is 0 Å². The Hall–Kier alpha value is -0.160. The molecule has 0 aliphatic carbocycles. The Bertz CT molecular complexity index is 647. The third kappa shape index (κ3) is 4.68. The molecule has 186 valence electrons. The molecule has 4 rings (SSSR count). The minimum atomic E-state index is -0.463. The van der Waals surface area contributed by atoms with Crippen LogP contribution in [0.1, 0.15) is 101 Å². The topological polar surface area (TPSA) is 36.9 Å². The van der Waals surface area contributed by atoms with Crippen LogP contribution in [0.15, 0.2) is 0 Å². The summed E-state index contributed by atoms with van der Waals surface area (Å²) in [5.41, 5.74) is -0.0695. The summed E-state index contributed by atoms with van der Waals surface area (Å²) in [6.45, 7) is 20.9. The highest BCUT2D eigenvalue weighted by molar-refractivity contribution is 5.05. The predicted octanol–water partition coefficient (Wildman–Crippen LogP) is 6.60. The molecule has 0 aromatic rings. The summed E-state index contributed by atoms with van der Waals surface area (Å²) in [7, 11) is 0. The second-order valence-corrected chi connectivity index (χ2v) is 13.2. The van der Waals surface area contributed by atoms with Gasteiger partial charge in [0.05, 0.1) is 36.1 Å². The van der Waals surface area contributed by atoms with Crippen molar-refractivity contribution in [2.24, 2.45) is 35.5 Å². The number of hydrogen-bond acceptors (Lipinski definition) is 4. The third-order valence-electron chi connectivity index (χ3n) is 8.85.